The molecule has 1 amide bonds. The molecule has 0 bridgehead atoms. The van der Waals surface area contributed by atoms with E-state index in [-0.39, 0.29) is 30.0 Å². The van der Waals surface area contributed by atoms with Gasteiger partial charge in [-0.1, -0.05) is 24.6 Å². The number of aryl methyl sites for hydroxylation is 1. The van der Waals surface area contributed by atoms with Crippen molar-refractivity contribution in [2.24, 2.45) is 5.92 Å². The number of carbonyl (C=O) groups is 2. The predicted octanol–water partition coefficient (Wildman–Crippen LogP) is 6.69. The van der Waals surface area contributed by atoms with Crippen molar-refractivity contribution in [3.63, 3.8) is 0 Å². The van der Waals surface area contributed by atoms with Crippen LogP contribution in [0.5, 0.6) is 0 Å². The predicted molar refractivity (Wildman–Crippen MR) is 128 cm³/mol. The summed E-state index contributed by atoms with van der Waals surface area (Å²) in [5.74, 6) is -0.903. The Hall–Kier alpha value is -2.21. The van der Waals surface area contributed by atoms with Gasteiger partial charge in [0.15, 0.2) is 0 Å². The van der Waals surface area contributed by atoms with Gasteiger partial charge in [0.05, 0.1) is 10.4 Å². The number of halogens is 2. The number of carbonyl (C=O) groups excluding carboxylic acids is 2. The Labute approximate surface area is 198 Å². The second-order valence-electron chi connectivity index (χ2n) is 9.51. The van der Waals surface area contributed by atoms with Crippen LogP contribution in [-0.2, 0) is 20.7 Å². The highest BCUT2D eigenvalue weighted by Gasteiger charge is 2.34. The molecule has 0 aliphatic heterocycles. The summed E-state index contributed by atoms with van der Waals surface area (Å²) in [4.78, 5) is 25.4. The fourth-order valence-corrected chi connectivity index (χ4v) is 4.29. The molecule has 3 rings (SSSR count). The molecule has 172 valence electrons. The first-order valence-corrected chi connectivity index (χ1v) is 11.9. The Morgan fingerprint density at radius 2 is 1.94 bits per heavy atom. The number of hydrogen-bond donors (Lipinski definition) is 1. The molecule has 4 nitrogen and oxygen atoms in total. The fourth-order valence-electron chi connectivity index (χ4n) is 4.05. The Morgan fingerprint density at radius 1 is 1.22 bits per heavy atom. The maximum absolute atomic E-state index is 14.2. The molecule has 0 aromatic heterocycles. The molecule has 6 heteroatoms. The SMILES string of the molecule is Cc1c(CCC(=O)OC(C)(C)C)cccc1NC(=O)C(c1ccc(Br)c(F)c1)C1CCC1. The van der Waals surface area contributed by atoms with Gasteiger partial charge in [-0.2, -0.15) is 0 Å². The van der Waals surface area contributed by atoms with E-state index in [1.54, 1.807) is 6.07 Å². The van der Waals surface area contributed by atoms with E-state index in [1.165, 1.54) is 6.07 Å². The number of anilines is 1. The van der Waals surface area contributed by atoms with Crippen molar-refractivity contribution in [1.82, 2.24) is 0 Å². The third-order valence-corrected chi connectivity index (χ3v) is 6.57. The van der Waals surface area contributed by atoms with Gasteiger partial charge in [-0.3, -0.25) is 9.59 Å². The lowest BCUT2D eigenvalue weighted by molar-refractivity contribution is -0.154. The third kappa shape index (κ3) is 6.18. The van der Waals surface area contributed by atoms with Crippen molar-refractivity contribution in [2.45, 2.75) is 71.3 Å². The van der Waals surface area contributed by atoms with Crippen LogP contribution in [0.15, 0.2) is 40.9 Å². The highest BCUT2D eigenvalue weighted by atomic mass is 79.9. The van der Waals surface area contributed by atoms with Crippen LogP contribution in [0, 0.1) is 18.7 Å². The number of amides is 1. The normalized spacial score (nSPS) is 15.1. The van der Waals surface area contributed by atoms with E-state index in [0.717, 1.165) is 36.1 Å². The van der Waals surface area contributed by atoms with E-state index in [2.05, 4.69) is 21.2 Å². The van der Waals surface area contributed by atoms with Gasteiger partial charge in [0.25, 0.3) is 0 Å². The van der Waals surface area contributed by atoms with Crippen LogP contribution in [0.2, 0.25) is 0 Å². The lowest BCUT2D eigenvalue weighted by Gasteiger charge is -2.33. The van der Waals surface area contributed by atoms with Crippen LogP contribution in [0.25, 0.3) is 0 Å². The lowest BCUT2D eigenvalue weighted by Crippen LogP contribution is -2.31. The van der Waals surface area contributed by atoms with Crippen molar-refractivity contribution in [2.75, 3.05) is 5.32 Å². The zero-order valence-electron chi connectivity index (χ0n) is 19.1. The van der Waals surface area contributed by atoms with Gasteiger partial charge in [0.2, 0.25) is 5.91 Å². The molecule has 1 aliphatic carbocycles. The van der Waals surface area contributed by atoms with Crippen molar-refractivity contribution < 1.29 is 18.7 Å². The molecule has 1 N–H and O–H groups in total. The van der Waals surface area contributed by atoms with Crippen LogP contribution in [-0.4, -0.2) is 17.5 Å². The highest BCUT2D eigenvalue weighted by molar-refractivity contribution is 9.10. The molecule has 0 saturated heterocycles. The molecular formula is C26H31BrFNO3. The van der Waals surface area contributed by atoms with E-state index in [4.69, 9.17) is 4.74 Å². The van der Waals surface area contributed by atoms with Gasteiger partial charge in [-0.05, 0) is 104 Å². The molecule has 1 aliphatic rings. The number of benzene rings is 2. The fraction of sp³-hybridized carbons (Fsp3) is 0.462. The van der Waals surface area contributed by atoms with Crippen LogP contribution < -0.4 is 5.32 Å². The molecule has 0 radical (unpaired) electrons. The summed E-state index contributed by atoms with van der Waals surface area (Å²) < 4.78 is 20.0. The molecule has 0 spiro atoms. The van der Waals surface area contributed by atoms with Gasteiger partial charge in [-0.15, -0.1) is 0 Å². The Kier molecular flexibility index (Phi) is 7.75. The van der Waals surface area contributed by atoms with Gasteiger partial charge in [-0.25, -0.2) is 4.39 Å². The second-order valence-corrected chi connectivity index (χ2v) is 10.4. The molecule has 0 heterocycles. The van der Waals surface area contributed by atoms with Crippen molar-refractivity contribution in [3.8, 4) is 0 Å². The highest BCUT2D eigenvalue weighted by Crippen LogP contribution is 2.41. The van der Waals surface area contributed by atoms with Crippen molar-refractivity contribution in [3.05, 3.63) is 63.4 Å². The molecule has 2 aromatic rings. The monoisotopic (exact) mass is 503 g/mol. The van der Waals surface area contributed by atoms with E-state index in [0.29, 0.717) is 16.5 Å². The van der Waals surface area contributed by atoms with E-state index >= 15 is 0 Å². The largest absolute Gasteiger partial charge is 0.460 e. The van der Waals surface area contributed by atoms with Gasteiger partial charge >= 0.3 is 5.97 Å². The summed E-state index contributed by atoms with van der Waals surface area (Å²) in [5.41, 5.74) is 2.83. The molecule has 1 fully saturated rings. The number of nitrogens with one attached hydrogen (secondary N) is 1. The minimum absolute atomic E-state index is 0.121. The quantitative estimate of drug-likeness (QED) is 0.428. The van der Waals surface area contributed by atoms with Crippen LogP contribution in [0.3, 0.4) is 0 Å². The first-order valence-electron chi connectivity index (χ1n) is 11.1. The Bertz CT molecular complexity index is 995. The first-order chi connectivity index (χ1) is 15.0. The zero-order valence-corrected chi connectivity index (χ0v) is 20.7. The van der Waals surface area contributed by atoms with E-state index < -0.39 is 11.5 Å². The Morgan fingerprint density at radius 3 is 2.53 bits per heavy atom. The number of ether oxygens (including phenoxy) is 1. The first kappa shape index (κ1) is 24.4. The topological polar surface area (TPSA) is 55.4 Å². The summed E-state index contributed by atoms with van der Waals surface area (Å²) in [6.07, 6.45) is 3.83. The van der Waals surface area contributed by atoms with Crippen molar-refractivity contribution in [1.29, 1.82) is 0 Å². The summed E-state index contributed by atoms with van der Waals surface area (Å²) in [6.45, 7) is 7.49. The summed E-state index contributed by atoms with van der Waals surface area (Å²) in [6, 6.07) is 10.6. The van der Waals surface area contributed by atoms with Crippen LogP contribution in [0.1, 0.15) is 69.1 Å². The molecule has 1 atom stereocenters. The molecule has 32 heavy (non-hydrogen) atoms. The van der Waals surface area contributed by atoms with Gasteiger partial charge in [0.1, 0.15) is 11.4 Å². The maximum atomic E-state index is 14.2. The van der Waals surface area contributed by atoms with Crippen LogP contribution >= 0.6 is 15.9 Å². The molecule has 2 aromatic carbocycles. The standard InChI is InChI=1S/C26H31BrFNO3/c1-16-17(12-14-23(30)32-26(2,3)4)7-6-10-22(16)29-25(31)24(18-8-5-9-18)19-11-13-20(27)21(28)15-19/h6-7,10-11,13,15,18,24H,5,8-9,12,14H2,1-4H3,(H,29,31). The summed E-state index contributed by atoms with van der Waals surface area (Å²) >= 11 is 3.19. The molecular weight excluding hydrogens is 473 g/mol. The van der Waals surface area contributed by atoms with E-state index in [9.17, 15) is 14.0 Å². The average molecular weight is 504 g/mol. The van der Waals surface area contributed by atoms with E-state index in [1.807, 2.05) is 52.0 Å². The smallest absolute Gasteiger partial charge is 0.306 e. The number of rotatable bonds is 7. The number of hydrogen-bond acceptors (Lipinski definition) is 3. The maximum Gasteiger partial charge on any atom is 0.306 e. The molecule has 1 unspecified atom stereocenters. The zero-order chi connectivity index (χ0) is 23.5. The van der Waals surface area contributed by atoms with Gasteiger partial charge in [0, 0.05) is 12.1 Å². The molecule has 1 saturated carbocycles. The third-order valence-electron chi connectivity index (χ3n) is 5.93. The van der Waals surface area contributed by atoms with Crippen LogP contribution in [0.4, 0.5) is 10.1 Å². The van der Waals surface area contributed by atoms with Gasteiger partial charge < -0.3 is 10.1 Å². The summed E-state index contributed by atoms with van der Waals surface area (Å²) in [7, 11) is 0. The lowest BCUT2D eigenvalue weighted by atomic mass is 9.72. The second kappa shape index (κ2) is 10.2. The Balaban J connectivity index is 1.75. The average Bonchev–Trinajstić information content (AvgIpc) is 2.66. The minimum Gasteiger partial charge on any atom is -0.460 e. The van der Waals surface area contributed by atoms with Crippen molar-refractivity contribution >= 4 is 33.5 Å². The number of esters is 1. The summed E-state index contributed by atoms with van der Waals surface area (Å²) in [5, 5.41) is 3.07. The minimum atomic E-state index is -0.509.